The molecule has 0 aromatic heterocycles. The molecule has 0 spiro atoms. The lowest BCUT2D eigenvalue weighted by molar-refractivity contribution is 0.623. The van der Waals surface area contributed by atoms with E-state index in [9.17, 15) is 0 Å². The Hall–Kier alpha value is -1.39. The fourth-order valence-electron chi connectivity index (χ4n) is 1.30. The van der Waals surface area contributed by atoms with E-state index in [1.165, 1.54) is 0 Å². The average molecular weight is 190 g/mol. The number of anilines is 1. The fourth-order valence-corrected chi connectivity index (χ4v) is 1.30. The van der Waals surface area contributed by atoms with Crippen molar-refractivity contribution in [3.63, 3.8) is 0 Å². The summed E-state index contributed by atoms with van der Waals surface area (Å²) >= 11 is 0. The summed E-state index contributed by atoms with van der Waals surface area (Å²) in [6.45, 7) is 2.57. The van der Waals surface area contributed by atoms with Gasteiger partial charge in [-0.05, 0) is 12.1 Å². The second kappa shape index (κ2) is 4.74. The summed E-state index contributed by atoms with van der Waals surface area (Å²) in [5.74, 6) is 0. The van der Waals surface area contributed by atoms with Gasteiger partial charge in [-0.15, -0.1) is 0 Å². The Kier molecular flexibility index (Phi) is 3.10. The highest BCUT2D eigenvalue weighted by Gasteiger charge is 2.03. The van der Waals surface area contributed by atoms with Crippen molar-refractivity contribution in [3.8, 4) is 0 Å². The lowest BCUT2D eigenvalue weighted by Gasteiger charge is -2.15. The molecule has 4 nitrogen and oxygen atoms in total. The van der Waals surface area contributed by atoms with Crippen molar-refractivity contribution in [2.75, 3.05) is 25.2 Å². The maximum atomic E-state index is 4.30. The quantitative estimate of drug-likeness (QED) is 0.599. The summed E-state index contributed by atoms with van der Waals surface area (Å²) < 4.78 is 0. The van der Waals surface area contributed by atoms with E-state index in [2.05, 4.69) is 21.2 Å². The largest absolute Gasteiger partial charge is 0.299 e. The van der Waals surface area contributed by atoms with Crippen LogP contribution in [0.2, 0.25) is 0 Å². The van der Waals surface area contributed by atoms with Gasteiger partial charge in [-0.25, -0.2) is 0 Å². The van der Waals surface area contributed by atoms with Crippen LogP contribution in [0.4, 0.5) is 5.69 Å². The molecule has 0 radical (unpaired) electrons. The zero-order valence-electron chi connectivity index (χ0n) is 7.96. The van der Waals surface area contributed by atoms with Crippen molar-refractivity contribution in [1.29, 1.82) is 0 Å². The van der Waals surface area contributed by atoms with E-state index >= 15 is 0 Å². The maximum Gasteiger partial charge on any atom is 0.0658 e. The van der Waals surface area contributed by atoms with Gasteiger partial charge in [0, 0.05) is 19.8 Å². The van der Waals surface area contributed by atoms with Crippen molar-refractivity contribution in [1.82, 2.24) is 10.6 Å². The van der Waals surface area contributed by atoms with Gasteiger partial charge in [0.25, 0.3) is 0 Å². The molecule has 74 valence electrons. The van der Waals surface area contributed by atoms with Crippen LogP contribution in [-0.2, 0) is 0 Å². The van der Waals surface area contributed by atoms with Crippen molar-refractivity contribution >= 4 is 11.4 Å². The fraction of sp³-hybridized carbons (Fsp3) is 0.300. The standard InChI is InChI=1S/C10H14N4/c1-2-4-9(5-3-1)13-14-10-6-11-8-12-7-10/h1-5,11-13H,6-8H2. The van der Waals surface area contributed by atoms with Gasteiger partial charge in [-0.2, -0.15) is 5.10 Å². The predicted octanol–water partition coefficient (Wildman–Crippen LogP) is 0.605. The molecule has 2 rings (SSSR count). The van der Waals surface area contributed by atoms with Crippen LogP contribution >= 0.6 is 0 Å². The third-order valence-corrected chi connectivity index (χ3v) is 2.03. The molecule has 0 bridgehead atoms. The lowest BCUT2D eigenvalue weighted by Crippen LogP contribution is -2.44. The summed E-state index contributed by atoms with van der Waals surface area (Å²) in [6.07, 6.45) is 0. The molecule has 0 amide bonds. The number of hydrogen-bond acceptors (Lipinski definition) is 4. The van der Waals surface area contributed by atoms with E-state index in [-0.39, 0.29) is 0 Å². The number of benzene rings is 1. The van der Waals surface area contributed by atoms with Gasteiger partial charge >= 0.3 is 0 Å². The molecular formula is C10H14N4. The first-order chi connectivity index (χ1) is 6.95. The van der Waals surface area contributed by atoms with Gasteiger partial charge in [-0.1, -0.05) is 18.2 Å². The Morgan fingerprint density at radius 2 is 1.79 bits per heavy atom. The number of hydrogen-bond donors (Lipinski definition) is 3. The molecule has 1 heterocycles. The van der Waals surface area contributed by atoms with Crippen molar-refractivity contribution in [3.05, 3.63) is 30.3 Å². The maximum absolute atomic E-state index is 4.30. The van der Waals surface area contributed by atoms with E-state index in [1.807, 2.05) is 30.3 Å². The normalized spacial score (nSPS) is 16.4. The molecule has 0 aliphatic carbocycles. The first kappa shape index (κ1) is 9.18. The van der Waals surface area contributed by atoms with Gasteiger partial charge in [0.1, 0.15) is 0 Å². The number of nitrogens with one attached hydrogen (secondary N) is 3. The highest BCUT2D eigenvalue weighted by Crippen LogP contribution is 2.04. The number of nitrogens with zero attached hydrogens (tertiary/aromatic N) is 1. The zero-order chi connectivity index (χ0) is 9.64. The topological polar surface area (TPSA) is 48.5 Å². The molecule has 0 saturated carbocycles. The Balaban J connectivity index is 1.92. The molecule has 3 N–H and O–H groups in total. The first-order valence-electron chi connectivity index (χ1n) is 4.73. The van der Waals surface area contributed by atoms with Crippen LogP contribution in [-0.4, -0.2) is 25.5 Å². The zero-order valence-corrected chi connectivity index (χ0v) is 7.96. The van der Waals surface area contributed by atoms with Crippen LogP contribution in [0.3, 0.4) is 0 Å². The third kappa shape index (κ3) is 2.55. The Bertz CT molecular complexity index is 299. The van der Waals surface area contributed by atoms with Crippen LogP contribution in [0.15, 0.2) is 35.4 Å². The van der Waals surface area contributed by atoms with Crippen LogP contribution in [0.1, 0.15) is 0 Å². The van der Waals surface area contributed by atoms with Crippen molar-refractivity contribution in [2.24, 2.45) is 5.10 Å². The molecule has 1 aliphatic rings. The van der Waals surface area contributed by atoms with Crippen LogP contribution in [0.5, 0.6) is 0 Å². The number of rotatable bonds is 2. The summed E-state index contributed by atoms with van der Waals surface area (Å²) in [7, 11) is 0. The molecule has 4 heteroatoms. The summed E-state index contributed by atoms with van der Waals surface area (Å²) in [5, 5.41) is 10.7. The second-order valence-corrected chi connectivity index (χ2v) is 3.19. The Labute approximate surface area is 83.4 Å². The predicted molar refractivity (Wildman–Crippen MR) is 58.4 cm³/mol. The third-order valence-electron chi connectivity index (χ3n) is 2.03. The Morgan fingerprint density at radius 1 is 1.07 bits per heavy atom. The van der Waals surface area contributed by atoms with E-state index in [1.54, 1.807) is 0 Å². The van der Waals surface area contributed by atoms with E-state index in [4.69, 9.17) is 0 Å². The summed E-state index contributed by atoms with van der Waals surface area (Å²) in [4.78, 5) is 0. The molecular weight excluding hydrogens is 176 g/mol. The molecule has 1 aliphatic heterocycles. The van der Waals surface area contributed by atoms with Gasteiger partial charge in [0.2, 0.25) is 0 Å². The SMILES string of the molecule is c1ccc(NN=C2CNCNC2)cc1. The van der Waals surface area contributed by atoms with E-state index in [0.717, 1.165) is 31.2 Å². The summed E-state index contributed by atoms with van der Waals surface area (Å²) in [5.41, 5.74) is 5.14. The minimum absolute atomic E-state index is 0.854. The highest BCUT2D eigenvalue weighted by molar-refractivity contribution is 5.89. The molecule has 0 unspecified atom stereocenters. The Morgan fingerprint density at radius 3 is 2.50 bits per heavy atom. The lowest BCUT2D eigenvalue weighted by atomic mass is 10.3. The second-order valence-electron chi connectivity index (χ2n) is 3.19. The van der Waals surface area contributed by atoms with Gasteiger partial charge in [0.05, 0.1) is 11.4 Å². The van der Waals surface area contributed by atoms with Crippen LogP contribution < -0.4 is 16.1 Å². The summed E-state index contributed by atoms with van der Waals surface area (Å²) in [6, 6.07) is 9.95. The molecule has 1 aromatic rings. The van der Waals surface area contributed by atoms with Crippen LogP contribution in [0, 0.1) is 0 Å². The van der Waals surface area contributed by atoms with E-state index in [0.29, 0.717) is 0 Å². The van der Waals surface area contributed by atoms with Crippen molar-refractivity contribution < 1.29 is 0 Å². The smallest absolute Gasteiger partial charge is 0.0658 e. The molecule has 14 heavy (non-hydrogen) atoms. The van der Waals surface area contributed by atoms with Gasteiger partial charge in [-0.3, -0.25) is 16.1 Å². The molecule has 0 atom stereocenters. The van der Waals surface area contributed by atoms with Crippen molar-refractivity contribution in [2.45, 2.75) is 0 Å². The molecule has 1 saturated heterocycles. The van der Waals surface area contributed by atoms with Gasteiger partial charge in [0.15, 0.2) is 0 Å². The number of hydrazone groups is 1. The minimum Gasteiger partial charge on any atom is -0.299 e. The highest BCUT2D eigenvalue weighted by atomic mass is 15.3. The molecule has 1 aromatic carbocycles. The van der Waals surface area contributed by atoms with Gasteiger partial charge < -0.3 is 0 Å². The number of para-hydroxylation sites is 1. The van der Waals surface area contributed by atoms with Crippen LogP contribution in [0.25, 0.3) is 0 Å². The minimum atomic E-state index is 0.854. The monoisotopic (exact) mass is 190 g/mol. The van der Waals surface area contributed by atoms with E-state index < -0.39 is 0 Å². The first-order valence-corrected chi connectivity index (χ1v) is 4.73. The average Bonchev–Trinajstić information content (AvgIpc) is 2.29. The molecule has 1 fully saturated rings.